The van der Waals surface area contributed by atoms with Crippen molar-refractivity contribution in [3.8, 4) is 11.3 Å². The molecule has 1 aliphatic carbocycles. The lowest BCUT2D eigenvalue weighted by Gasteiger charge is -2.10. The van der Waals surface area contributed by atoms with Gasteiger partial charge in [0, 0.05) is 35.5 Å². The molecule has 0 atom stereocenters. The molecule has 0 bridgehead atoms. The molecule has 1 saturated carbocycles. The van der Waals surface area contributed by atoms with Gasteiger partial charge in [0.15, 0.2) is 5.69 Å². The number of aromatic nitrogens is 3. The molecule has 4 aromatic heterocycles. The Kier molecular flexibility index (Phi) is 6.22. The summed E-state index contributed by atoms with van der Waals surface area (Å²) in [4.78, 5) is 28.9. The van der Waals surface area contributed by atoms with Crippen LogP contribution in [0.25, 0.3) is 21.5 Å². The highest BCUT2D eigenvalue weighted by Crippen LogP contribution is 2.43. The van der Waals surface area contributed by atoms with Gasteiger partial charge >= 0.3 is 6.18 Å². The molecule has 14 heteroatoms. The minimum atomic E-state index is -4.62. The number of carbonyl (C=O) groups excluding carboxylic acids is 2. The summed E-state index contributed by atoms with van der Waals surface area (Å²) in [6.45, 7) is -0.138. The number of carbonyl (C=O) groups is 2. The number of anilines is 1. The molecule has 5 rings (SSSR count). The molecule has 2 amide bonds. The first-order valence-electron chi connectivity index (χ1n) is 11.1. The van der Waals surface area contributed by atoms with Crippen molar-refractivity contribution < 1.29 is 36.0 Å². The van der Waals surface area contributed by atoms with Crippen LogP contribution in [0.3, 0.4) is 0 Å². The van der Waals surface area contributed by atoms with E-state index >= 15 is 0 Å². The molecule has 0 aliphatic heterocycles. The fourth-order valence-electron chi connectivity index (χ4n) is 4.01. The molecule has 1 aliphatic rings. The van der Waals surface area contributed by atoms with Crippen LogP contribution in [0, 0.1) is 0 Å². The third-order valence-corrected chi connectivity index (χ3v) is 6.93. The standard InChI is InChI=1S/C23H18F5N5O3S/c24-20(25)12-8-11(14-2-1-7-36-14)17-18(19(21(29)35)37-22(17)30-12)31-16(34)5-6-33-13(10-3-4-10)9-15(32-33)23(26,27)28/h1-2,7-10,20H,3-6H2,(H2,29,35)(H,31,34). The molecule has 0 radical (unpaired) electrons. The number of alkyl halides is 5. The molecular formula is C23H18F5N5O3S. The largest absolute Gasteiger partial charge is 0.464 e. The zero-order chi connectivity index (χ0) is 26.5. The molecule has 194 valence electrons. The van der Waals surface area contributed by atoms with E-state index in [4.69, 9.17) is 10.2 Å². The molecule has 0 unspecified atom stereocenters. The van der Waals surface area contributed by atoms with Crippen LogP contribution >= 0.6 is 11.3 Å². The Morgan fingerprint density at radius 3 is 2.62 bits per heavy atom. The lowest BCUT2D eigenvalue weighted by atomic mass is 10.1. The summed E-state index contributed by atoms with van der Waals surface area (Å²) in [5.41, 5.74) is 4.45. The second-order valence-corrected chi connectivity index (χ2v) is 9.47. The summed E-state index contributed by atoms with van der Waals surface area (Å²) in [5, 5.41) is 6.39. The van der Waals surface area contributed by atoms with E-state index in [1.165, 1.54) is 17.0 Å². The van der Waals surface area contributed by atoms with Crippen LogP contribution in [0.15, 0.2) is 34.9 Å². The Morgan fingerprint density at radius 2 is 2.03 bits per heavy atom. The van der Waals surface area contributed by atoms with E-state index in [1.54, 1.807) is 6.07 Å². The summed E-state index contributed by atoms with van der Waals surface area (Å²) in [7, 11) is 0. The summed E-state index contributed by atoms with van der Waals surface area (Å²) in [6.07, 6.45) is -4.99. The van der Waals surface area contributed by atoms with E-state index in [-0.39, 0.29) is 51.0 Å². The number of fused-ring (bicyclic) bond motifs is 1. The fraction of sp³-hybridized carbons (Fsp3) is 0.304. The SMILES string of the molecule is NC(=O)c1sc2nc(C(F)F)cc(-c3ccco3)c2c1NC(=O)CCn1nc(C(F)(F)F)cc1C1CC1. The molecular weight excluding hydrogens is 521 g/mol. The maximum atomic E-state index is 13.5. The number of hydrogen-bond donors (Lipinski definition) is 2. The van der Waals surface area contributed by atoms with Crippen LogP contribution in [0.1, 0.15) is 58.4 Å². The third kappa shape index (κ3) is 4.92. The van der Waals surface area contributed by atoms with Gasteiger partial charge in [-0.25, -0.2) is 13.8 Å². The van der Waals surface area contributed by atoms with E-state index in [0.29, 0.717) is 5.69 Å². The highest BCUT2D eigenvalue weighted by Gasteiger charge is 2.38. The number of halogens is 5. The first-order valence-corrected chi connectivity index (χ1v) is 11.9. The summed E-state index contributed by atoms with van der Waals surface area (Å²) < 4.78 is 73.0. The smallest absolute Gasteiger partial charge is 0.435 e. The van der Waals surface area contributed by atoms with Crippen LogP contribution in [0.2, 0.25) is 0 Å². The molecule has 3 N–H and O–H groups in total. The van der Waals surface area contributed by atoms with Gasteiger partial charge in [-0.05, 0) is 37.1 Å². The number of rotatable bonds is 8. The molecule has 0 spiro atoms. The molecule has 37 heavy (non-hydrogen) atoms. The van der Waals surface area contributed by atoms with Crippen LogP contribution in [-0.2, 0) is 17.5 Å². The Hall–Kier alpha value is -3.81. The minimum absolute atomic E-state index is 0.0314. The Bertz CT molecular complexity index is 1490. The third-order valence-electron chi connectivity index (χ3n) is 5.83. The minimum Gasteiger partial charge on any atom is -0.464 e. The van der Waals surface area contributed by atoms with Crippen LogP contribution in [-0.4, -0.2) is 26.6 Å². The van der Waals surface area contributed by atoms with E-state index in [2.05, 4.69) is 15.4 Å². The Labute approximate surface area is 209 Å². The van der Waals surface area contributed by atoms with Crippen molar-refractivity contribution in [3.05, 3.63) is 52.5 Å². The summed E-state index contributed by atoms with van der Waals surface area (Å²) in [6, 6.07) is 5.16. The molecule has 0 saturated heterocycles. The predicted octanol–water partition coefficient (Wildman–Crippen LogP) is 5.71. The maximum Gasteiger partial charge on any atom is 0.435 e. The number of furan rings is 1. The zero-order valence-corrected chi connectivity index (χ0v) is 19.6. The number of amides is 2. The van der Waals surface area contributed by atoms with Gasteiger partial charge in [-0.15, -0.1) is 11.3 Å². The monoisotopic (exact) mass is 539 g/mol. The van der Waals surface area contributed by atoms with Gasteiger partial charge < -0.3 is 15.5 Å². The number of nitrogens with zero attached hydrogens (tertiary/aromatic N) is 3. The average molecular weight is 539 g/mol. The summed E-state index contributed by atoms with van der Waals surface area (Å²) in [5.74, 6) is -1.40. The Balaban J connectivity index is 1.48. The maximum absolute atomic E-state index is 13.5. The van der Waals surface area contributed by atoms with E-state index in [0.717, 1.165) is 36.3 Å². The fourth-order valence-corrected chi connectivity index (χ4v) is 5.03. The number of aryl methyl sites for hydroxylation is 1. The van der Waals surface area contributed by atoms with Gasteiger partial charge in [-0.2, -0.15) is 18.3 Å². The second-order valence-electron chi connectivity index (χ2n) is 8.47. The second kappa shape index (κ2) is 9.25. The first kappa shape index (κ1) is 24.9. The van der Waals surface area contributed by atoms with Gasteiger partial charge in [0.05, 0.1) is 12.0 Å². The molecule has 0 aromatic carbocycles. The predicted molar refractivity (Wildman–Crippen MR) is 123 cm³/mol. The van der Waals surface area contributed by atoms with Crippen molar-refractivity contribution in [2.75, 3.05) is 5.32 Å². The van der Waals surface area contributed by atoms with Crippen LogP contribution in [0.5, 0.6) is 0 Å². The average Bonchev–Trinajstić information content (AvgIpc) is 3.23. The normalized spacial score (nSPS) is 14.0. The van der Waals surface area contributed by atoms with Crippen molar-refractivity contribution in [2.24, 2.45) is 5.73 Å². The van der Waals surface area contributed by atoms with Crippen molar-refractivity contribution in [3.63, 3.8) is 0 Å². The first-order chi connectivity index (χ1) is 17.5. The molecule has 4 heterocycles. The van der Waals surface area contributed by atoms with Crippen molar-refractivity contribution in [1.29, 1.82) is 0 Å². The van der Waals surface area contributed by atoms with E-state index in [9.17, 15) is 31.5 Å². The molecule has 1 fully saturated rings. The van der Waals surface area contributed by atoms with Gasteiger partial charge in [0.25, 0.3) is 12.3 Å². The number of thiophene rings is 1. The van der Waals surface area contributed by atoms with Crippen molar-refractivity contribution in [1.82, 2.24) is 14.8 Å². The molecule has 4 aromatic rings. The topological polar surface area (TPSA) is 116 Å². The number of primary amides is 1. The quantitative estimate of drug-likeness (QED) is 0.278. The van der Waals surface area contributed by atoms with Crippen LogP contribution in [0.4, 0.5) is 27.6 Å². The lowest BCUT2D eigenvalue weighted by molar-refractivity contribution is -0.141. The van der Waals surface area contributed by atoms with Crippen molar-refractivity contribution in [2.45, 2.75) is 44.3 Å². The Morgan fingerprint density at radius 1 is 1.27 bits per heavy atom. The molecule has 8 nitrogen and oxygen atoms in total. The number of nitrogens with one attached hydrogen (secondary N) is 1. The lowest BCUT2D eigenvalue weighted by Crippen LogP contribution is -2.19. The van der Waals surface area contributed by atoms with Gasteiger partial charge in [0.2, 0.25) is 5.91 Å². The summed E-state index contributed by atoms with van der Waals surface area (Å²) >= 11 is 0.734. The van der Waals surface area contributed by atoms with E-state index < -0.39 is 35.8 Å². The zero-order valence-electron chi connectivity index (χ0n) is 18.8. The van der Waals surface area contributed by atoms with Crippen LogP contribution < -0.4 is 11.1 Å². The highest BCUT2D eigenvalue weighted by molar-refractivity contribution is 7.21. The van der Waals surface area contributed by atoms with Gasteiger partial charge in [-0.1, -0.05) is 0 Å². The number of pyridine rings is 1. The van der Waals surface area contributed by atoms with Gasteiger partial charge in [-0.3, -0.25) is 14.3 Å². The van der Waals surface area contributed by atoms with Crippen molar-refractivity contribution >= 4 is 39.1 Å². The van der Waals surface area contributed by atoms with E-state index in [1.807, 2.05) is 0 Å². The number of hydrogen-bond acceptors (Lipinski definition) is 6. The van der Waals surface area contributed by atoms with Gasteiger partial charge in [0.1, 0.15) is 21.2 Å². The number of nitrogens with two attached hydrogens (primary N) is 1. The highest BCUT2D eigenvalue weighted by atomic mass is 32.1.